The van der Waals surface area contributed by atoms with E-state index in [0.717, 1.165) is 35.5 Å². The quantitative estimate of drug-likeness (QED) is 0.513. The Labute approximate surface area is 170 Å². The van der Waals surface area contributed by atoms with Crippen molar-refractivity contribution in [3.8, 4) is 0 Å². The van der Waals surface area contributed by atoms with Crippen LogP contribution in [0.4, 0.5) is 4.39 Å². The summed E-state index contributed by atoms with van der Waals surface area (Å²) in [5, 5.41) is 8.68. The minimum Gasteiger partial charge on any atom is -0.345 e. The molecule has 11 heteroatoms. The van der Waals surface area contributed by atoms with E-state index in [1.54, 1.807) is 12.4 Å². The van der Waals surface area contributed by atoms with E-state index in [1.807, 2.05) is 10.5 Å². The predicted molar refractivity (Wildman–Crippen MR) is 105 cm³/mol. The Morgan fingerprint density at radius 1 is 1.24 bits per heavy atom. The molecule has 2 atom stereocenters. The Morgan fingerprint density at radius 3 is 2.97 bits per heavy atom. The van der Waals surface area contributed by atoms with Gasteiger partial charge in [0.2, 0.25) is 10.0 Å². The molecule has 1 aliphatic carbocycles. The van der Waals surface area contributed by atoms with Crippen LogP contribution in [0.15, 0.2) is 41.6 Å². The van der Waals surface area contributed by atoms with Gasteiger partial charge in [-0.1, -0.05) is 11.6 Å². The normalized spacial score (nSPS) is 20.1. The van der Waals surface area contributed by atoms with Crippen molar-refractivity contribution in [1.82, 2.24) is 29.3 Å². The van der Waals surface area contributed by atoms with Crippen molar-refractivity contribution < 1.29 is 12.8 Å². The number of hydrogen-bond donors (Lipinski definition) is 2. The number of aromatic amines is 1. The second kappa shape index (κ2) is 6.75. The van der Waals surface area contributed by atoms with Crippen LogP contribution in [-0.4, -0.2) is 39.0 Å². The number of hydrogen-bond acceptors (Lipinski definition) is 5. The van der Waals surface area contributed by atoms with Gasteiger partial charge in [0, 0.05) is 23.2 Å². The molecule has 3 heterocycles. The molecule has 3 aromatic heterocycles. The van der Waals surface area contributed by atoms with Crippen LogP contribution in [0.2, 0.25) is 5.02 Å². The number of benzene rings is 1. The molecule has 0 aliphatic heterocycles. The number of aromatic nitrogens is 5. The average molecular weight is 435 g/mol. The molecule has 0 saturated heterocycles. The van der Waals surface area contributed by atoms with E-state index >= 15 is 0 Å². The van der Waals surface area contributed by atoms with E-state index in [2.05, 4.69) is 24.9 Å². The maximum Gasteiger partial charge on any atom is 0.243 e. The molecule has 1 saturated carbocycles. The Morgan fingerprint density at radius 2 is 2.10 bits per heavy atom. The summed E-state index contributed by atoms with van der Waals surface area (Å²) < 4.78 is 43.9. The number of rotatable bonds is 4. The number of nitrogens with zero attached hydrogens (tertiary/aromatic N) is 4. The summed E-state index contributed by atoms with van der Waals surface area (Å²) in [4.78, 5) is 6.92. The second-order valence-corrected chi connectivity index (χ2v) is 9.24. The molecule has 1 fully saturated rings. The van der Waals surface area contributed by atoms with Crippen molar-refractivity contribution in [2.75, 3.05) is 0 Å². The van der Waals surface area contributed by atoms with Crippen LogP contribution in [0.1, 0.15) is 31.0 Å². The first-order valence-corrected chi connectivity index (χ1v) is 10.9. The molecule has 1 aliphatic rings. The molecular weight excluding hydrogens is 419 g/mol. The van der Waals surface area contributed by atoms with Crippen molar-refractivity contribution in [2.24, 2.45) is 0 Å². The van der Waals surface area contributed by atoms with Crippen LogP contribution >= 0.6 is 11.6 Å². The first-order valence-electron chi connectivity index (χ1n) is 9.07. The first kappa shape index (κ1) is 18.5. The summed E-state index contributed by atoms with van der Waals surface area (Å²) in [6, 6.07) is 5.05. The lowest BCUT2D eigenvalue weighted by molar-refractivity contribution is 0.533. The number of fused-ring (bicyclic) bond motifs is 3. The van der Waals surface area contributed by atoms with Gasteiger partial charge in [0.05, 0.1) is 11.7 Å². The van der Waals surface area contributed by atoms with Crippen LogP contribution in [-0.2, 0) is 10.0 Å². The Balaban J connectivity index is 1.41. The number of nitrogens with one attached hydrogen (secondary N) is 2. The van der Waals surface area contributed by atoms with E-state index in [9.17, 15) is 12.8 Å². The van der Waals surface area contributed by atoms with E-state index in [-0.39, 0.29) is 17.0 Å². The molecule has 2 N–H and O–H groups in total. The number of sulfonamides is 1. The monoisotopic (exact) mass is 434 g/mol. The fourth-order valence-corrected chi connectivity index (χ4v) is 5.58. The molecule has 29 heavy (non-hydrogen) atoms. The highest BCUT2D eigenvalue weighted by atomic mass is 35.5. The smallest absolute Gasteiger partial charge is 0.243 e. The van der Waals surface area contributed by atoms with E-state index < -0.39 is 20.7 Å². The SMILES string of the molecule is O=S(=O)(N[C@H]1CC[C@@H](c2nnc3cnc4[nH]ccc4n23)C1)c1cc(Cl)ccc1F. The highest BCUT2D eigenvalue weighted by Crippen LogP contribution is 2.35. The minimum atomic E-state index is -4.02. The standard InChI is InChI=1S/C18H16ClFN6O2S/c19-11-2-4-13(20)15(8-11)29(27,28)25-12-3-1-10(7-12)18-24-23-16-9-22-17-14(26(16)18)5-6-21-17/h2,4-6,8-10,12,21,25H,1,3,7H2/t10-,12+/m1/s1. The summed E-state index contributed by atoms with van der Waals surface area (Å²) >= 11 is 5.84. The molecule has 5 rings (SSSR count). The van der Waals surface area contributed by atoms with Crippen molar-refractivity contribution in [2.45, 2.75) is 36.1 Å². The minimum absolute atomic E-state index is 0.0161. The van der Waals surface area contributed by atoms with Crippen LogP contribution in [0.3, 0.4) is 0 Å². The highest BCUT2D eigenvalue weighted by Gasteiger charge is 2.33. The van der Waals surface area contributed by atoms with Gasteiger partial charge in [-0.15, -0.1) is 10.2 Å². The molecule has 1 aromatic carbocycles. The molecule has 4 aromatic rings. The number of halogens is 2. The van der Waals surface area contributed by atoms with Crippen LogP contribution in [0, 0.1) is 5.82 Å². The van der Waals surface area contributed by atoms with Crippen molar-refractivity contribution >= 4 is 38.4 Å². The van der Waals surface area contributed by atoms with Gasteiger partial charge in [-0.3, -0.25) is 4.40 Å². The second-order valence-electron chi connectivity index (χ2n) is 7.12. The van der Waals surface area contributed by atoms with Gasteiger partial charge >= 0.3 is 0 Å². The van der Waals surface area contributed by atoms with E-state index in [1.165, 1.54) is 6.07 Å². The zero-order chi connectivity index (χ0) is 20.2. The Hall–Kier alpha value is -2.56. The van der Waals surface area contributed by atoms with E-state index in [0.29, 0.717) is 18.5 Å². The number of H-pyrrole nitrogens is 1. The molecule has 0 spiro atoms. The van der Waals surface area contributed by atoms with Gasteiger partial charge in [-0.05, 0) is 43.5 Å². The maximum atomic E-state index is 14.0. The van der Waals surface area contributed by atoms with Crippen LogP contribution < -0.4 is 4.72 Å². The summed E-state index contributed by atoms with van der Waals surface area (Å²) in [6.07, 6.45) is 5.33. The van der Waals surface area contributed by atoms with Crippen molar-refractivity contribution in [3.63, 3.8) is 0 Å². The van der Waals surface area contributed by atoms with Crippen LogP contribution in [0.25, 0.3) is 16.8 Å². The third kappa shape index (κ3) is 3.17. The lowest BCUT2D eigenvalue weighted by atomic mass is 10.1. The van der Waals surface area contributed by atoms with Crippen molar-refractivity contribution in [1.29, 1.82) is 0 Å². The largest absolute Gasteiger partial charge is 0.345 e. The highest BCUT2D eigenvalue weighted by molar-refractivity contribution is 7.89. The third-order valence-electron chi connectivity index (χ3n) is 5.27. The molecule has 0 unspecified atom stereocenters. The van der Waals surface area contributed by atoms with Gasteiger partial charge < -0.3 is 4.98 Å². The molecule has 0 bridgehead atoms. The average Bonchev–Trinajstić information content (AvgIpc) is 3.40. The lowest BCUT2D eigenvalue weighted by Gasteiger charge is -2.14. The summed E-state index contributed by atoms with van der Waals surface area (Å²) in [5.41, 5.74) is 2.23. The fraction of sp³-hybridized carbons (Fsp3) is 0.278. The molecule has 0 radical (unpaired) electrons. The molecule has 8 nitrogen and oxygen atoms in total. The van der Waals surface area contributed by atoms with Crippen LogP contribution in [0.5, 0.6) is 0 Å². The van der Waals surface area contributed by atoms with Gasteiger partial charge in [-0.25, -0.2) is 22.5 Å². The van der Waals surface area contributed by atoms with Gasteiger partial charge in [0.25, 0.3) is 0 Å². The zero-order valence-corrected chi connectivity index (χ0v) is 16.6. The van der Waals surface area contributed by atoms with Crippen molar-refractivity contribution in [3.05, 3.63) is 53.3 Å². The summed E-state index contributed by atoms with van der Waals surface area (Å²) in [7, 11) is -4.02. The summed E-state index contributed by atoms with van der Waals surface area (Å²) in [6.45, 7) is 0. The summed E-state index contributed by atoms with van der Waals surface area (Å²) in [5.74, 6) is -0.0488. The zero-order valence-electron chi connectivity index (χ0n) is 15.0. The first-order chi connectivity index (χ1) is 13.9. The fourth-order valence-electron chi connectivity index (χ4n) is 3.95. The van der Waals surface area contributed by atoms with Gasteiger partial charge in [0.15, 0.2) is 11.3 Å². The molecule has 150 valence electrons. The van der Waals surface area contributed by atoms with Gasteiger partial charge in [-0.2, -0.15) is 0 Å². The Bertz CT molecular complexity index is 1330. The maximum absolute atomic E-state index is 14.0. The topological polar surface area (TPSA) is 105 Å². The lowest BCUT2D eigenvalue weighted by Crippen LogP contribution is -2.33. The molecule has 0 amide bonds. The Kier molecular flexibility index (Phi) is 4.30. The predicted octanol–water partition coefficient (Wildman–Crippen LogP) is 3.01. The van der Waals surface area contributed by atoms with E-state index in [4.69, 9.17) is 11.6 Å². The molecular formula is C18H16ClFN6O2S. The third-order valence-corrected chi connectivity index (χ3v) is 7.04. The van der Waals surface area contributed by atoms with Gasteiger partial charge in [0.1, 0.15) is 16.5 Å².